The van der Waals surface area contributed by atoms with E-state index in [4.69, 9.17) is 4.74 Å². The number of nitrogens with zero attached hydrogens (tertiary/aromatic N) is 1. The van der Waals surface area contributed by atoms with E-state index in [-0.39, 0.29) is 0 Å². The average Bonchev–Trinajstić information content (AvgIpc) is 2.41. The van der Waals surface area contributed by atoms with Crippen molar-refractivity contribution < 1.29 is 4.74 Å². The Morgan fingerprint density at radius 2 is 2.11 bits per heavy atom. The minimum Gasteiger partial charge on any atom is -0.495 e. The van der Waals surface area contributed by atoms with E-state index in [0.717, 1.165) is 25.4 Å². The molecule has 3 nitrogen and oxygen atoms in total. The molecule has 1 aromatic rings. The number of hydrogen-bond acceptors (Lipinski definition) is 3. The summed E-state index contributed by atoms with van der Waals surface area (Å²) in [6.07, 6.45) is 1.22. The van der Waals surface area contributed by atoms with E-state index in [0.29, 0.717) is 11.3 Å². The van der Waals surface area contributed by atoms with Crippen LogP contribution < -0.4 is 15.0 Å². The van der Waals surface area contributed by atoms with Gasteiger partial charge in [0.2, 0.25) is 0 Å². The topological polar surface area (TPSA) is 24.5 Å². The zero-order valence-corrected chi connectivity index (χ0v) is 12.6. The summed E-state index contributed by atoms with van der Waals surface area (Å²) in [6.45, 7) is 8.03. The van der Waals surface area contributed by atoms with Crippen molar-refractivity contribution in [2.75, 3.05) is 38.7 Å². The van der Waals surface area contributed by atoms with E-state index < -0.39 is 0 Å². The lowest BCUT2D eigenvalue weighted by Gasteiger charge is -2.45. The van der Waals surface area contributed by atoms with Crippen LogP contribution in [0.15, 0.2) is 24.3 Å². The largest absolute Gasteiger partial charge is 0.495 e. The first-order valence-corrected chi connectivity index (χ1v) is 7.11. The molecule has 0 radical (unpaired) electrons. The van der Waals surface area contributed by atoms with E-state index in [1.54, 1.807) is 7.11 Å². The van der Waals surface area contributed by atoms with Crippen LogP contribution in [0.3, 0.4) is 0 Å². The minimum atomic E-state index is 0.404. The third-order valence-corrected chi connectivity index (χ3v) is 4.45. The third kappa shape index (κ3) is 3.03. The number of anilines is 1. The standard InChI is InChI=1S/C16H26N2O/c1-16(2)9-10-18(12-13(16)11-17-3)14-7-5-6-8-15(14)19-4/h5-8,13,17H,9-12H2,1-4H3. The van der Waals surface area contributed by atoms with Crippen LogP contribution in [-0.2, 0) is 0 Å². The molecular weight excluding hydrogens is 236 g/mol. The number of nitrogens with one attached hydrogen (secondary N) is 1. The van der Waals surface area contributed by atoms with Crippen molar-refractivity contribution in [2.24, 2.45) is 11.3 Å². The molecule has 1 aliphatic rings. The van der Waals surface area contributed by atoms with Gasteiger partial charge in [0, 0.05) is 13.1 Å². The van der Waals surface area contributed by atoms with Gasteiger partial charge in [0.05, 0.1) is 12.8 Å². The zero-order chi connectivity index (χ0) is 13.9. The highest BCUT2D eigenvalue weighted by molar-refractivity contribution is 5.58. The molecule has 1 N–H and O–H groups in total. The molecule has 1 unspecified atom stereocenters. The van der Waals surface area contributed by atoms with Crippen LogP contribution in [0.25, 0.3) is 0 Å². The van der Waals surface area contributed by atoms with Gasteiger partial charge in [-0.3, -0.25) is 0 Å². The number of benzene rings is 1. The van der Waals surface area contributed by atoms with Crippen LogP contribution in [0.5, 0.6) is 5.75 Å². The van der Waals surface area contributed by atoms with Crippen LogP contribution in [0.2, 0.25) is 0 Å². The van der Waals surface area contributed by atoms with Crippen molar-refractivity contribution in [2.45, 2.75) is 20.3 Å². The fourth-order valence-electron chi connectivity index (χ4n) is 2.93. The minimum absolute atomic E-state index is 0.404. The Bertz CT molecular complexity index is 417. The highest BCUT2D eigenvalue weighted by Gasteiger charge is 2.35. The second kappa shape index (κ2) is 5.83. The highest BCUT2D eigenvalue weighted by Crippen LogP contribution is 2.39. The van der Waals surface area contributed by atoms with Crippen molar-refractivity contribution >= 4 is 5.69 Å². The Hall–Kier alpha value is -1.22. The number of hydrogen-bond donors (Lipinski definition) is 1. The lowest BCUT2D eigenvalue weighted by molar-refractivity contribution is 0.169. The highest BCUT2D eigenvalue weighted by atomic mass is 16.5. The fourth-order valence-corrected chi connectivity index (χ4v) is 2.93. The van der Waals surface area contributed by atoms with Gasteiger partial charge in [-0.2, -0.15) is 0 Å². The summed E-state index contributed by atoms with van der Waals surface area (Å²) in [5.74, 6) is 1.64. The SMILES string of the molecule is CNCC1CN(c2ccccc2OC)CCC1(C)C. The van der Waals surface area contributed by atoms with Crippen LogP contribution in [0, 0.1) is 11.3 Å². The predicted molar refractivity (Wildman–Crippen MR) is 81.0 cm³/mol. The Kier molecular flexibility index (Phi) is 4.35. The number of ether oxygens (including phenoxy) is 1. The molecule has 1 heterocycles. The van der Waals surface area contributed by atoms with Gasteiger partial charge in [0.1, 0.15) is 5.75 Å². The molecule has 0 bridgehead atoms. The summed E-state index contributed by atoms with van der Waals surface area (Å²) in [4.78, 5) is 2.46. The quantitative estimate of drug-likeness (QED) is 0.903. The molecule has 0 amide bonds. The molecule has 19 heavy (non-hydrogen) atoms. The van der Waals surface area contributed by atoms with Gasteiger partial charge in [-0.15, -0.1) is 0 Å². The molecule has 0 spiro atoms. The molecule has 1 aromatic carbocycles. The summed E-state index contributed by atoms with van der Waals surface area (Å²) in [7, 11) is 3.79. The monoisotopic (exact) mass is 262 g/mol. The number of piperidine rings is 1. The lowest BCUT2D eigenvalue weighted by atomic mass is 9.73. The molecule has 2 rings (SSSR count). The molecule has 1 atom stereocenters. The summed E-state index contributed by atoms with van der Waals surface area (Å²) in [5, 5.41) is 3.34. The fraction of sp³-hybridized carbons (Fsp3) is 0.625. The van der Waals surface area contributed by atoms with E-state index in [1.807, 2.05) is 19.2 Å². The summed E-state index contributed by atoms with van der Waals surface area (Å²) >= 11 is 0. The van der Waals surface area contributed by atoms with Gasteiger partial charge in [0.25, 0.3) is 0 Å². The molecular formula is C16H26N2O. The van der Waals surface area contributed by atoms with Crippen molar-refractivity contribution in [3.8, 4) is 5.75 Å². The van der Waals surface area contributed by atoms with Gasteiger partial charge in [-0.1, -0.05) is 26.0 Å². The normalized spacial score (nSPS) is 22.3. The first-order chi connectivity index (χ1) is 9.08. The van der Waals surface area contributed by atoms with E-state index in [1.165, 1.54) is 12.1 Å². The Morgan fingerprint density at radius 3 is 2.79 bits per heavy atom. The van der Waals surface area contributed by atoms with Gasteiger partial charge in [-0.25, -0.2) is 0 Å². The molecule has 0 aromatic heterocycles. The smallest absolute Gasteiger partial charge is 0.142 e. The summed E-state index contributed by atoms with van der Waals surface area (Å²) in [5.41, 5.74) is 1.63. The van der Waals surface area contributed by atoms with Crippen LogP contribution >= 0.6 is 0 Å². The molecule has 0 saturated carbocycles. The molecule has 1 aliphatic heterocycles. The average molecular weight is 262 g/mol. The van der Waals surface area contributed by atoms with Crippen molar-refractivity contribution in [3.05, 3.63) is 24.3 Å². The van der Waals surface area contributed by atoms with Gasteiger partial charge >= 0.3 is 0 Å². The second-order valence-corrected chi connectivity index (χ2v) is 6.11. The molecule has 3 heteroatoms. The summed E-state index contributed by atoms with van der Waals surface area (Å²) in [6, 6.07) is 8.32. The number of para-hydroxylation sites is 2. The number of methoxy groups -OCH3 is 1. The van der Waals surface area contributed by atoms with Gasteiger partial charge in [-0.05, 0) is 43.5 Å². The Balaban J connectivity index is 2.18. The maximum atomic E-state index is 5.49. The Labute approximate surface area is 116 Å². The third-order valence-electron chi connectivity index (χ3n) is 4.45. The first-order valence-electron chi connectivity index (χ1n) is 7.11. The van der Waals surface area contributed by atoms with Gasteiger partial charge < -0.3 is 15.0 Å². The van der Waals surface area contributed by atoms with Crippen LogP contribution in [0.1, 0.15) is 20.3 Å². The summed E-state index contributed by atoms with van der Waals surface area (Å²) < 4.78 is 5.49. The van der Waals surface area contributed by atoms with E-state index in [2.05, 4.69) is 36.2 Å². The van der Waals surface area contributed by atoms with Crippen LogP contribution in [-0.4, -0.2) is 33.8 Å². The predicted octanol–water partition coefficient (Wildman–Crippen LogP) is 2.77. The van der Waals surface area contributed by atoms with Crippen molar-refractivity contribution in [1.29, 1.82) is 0 Å². The maximum absolute atomic E-state index is 5.49. The lowest BCUT2D eigenvalue weighted by Crippen LogP contribution is -2.48. The van der Waals surface area contributed by atoms with E-state index in [9.17, 15) is 0 Å². The van der Waals surface area contributed by atoms with E-state index >= 15 is 0 Å². The zero-order valence-electron chi connectivity index (χ0n) is 12.6. The first kappa shape index (κ1) is 14.2. The van der Waals surface area contributed by atoms with Crippen molar-refractivity contribution in [3.63, 3.8) is 0 Å². The number of rotatable bonds is 4. The molecule has 106 valence electrons. The molecule has 1 saturated heterocycles. The molecule has 0 aliphatic carbocycles. The van der Waals surface area contributed by atoms with Crippen molar-refractivity contribution in [1.82, 2.24) is 5.32 Å². The maximum Gasteiger partial charge on any atom is 0.142 e. The second-order valence-electron chi connectivity index (χ2n) is 6.11. The Morgan fingerprint density at radius 1 is 1.37 bits per heavy atom. The van der Waals surface area contributed by atoms with Gasteiger partial charge in [0.15, 0.2) is 0 Å². The van der Waals surface area contributed by atoms with Crippen LogP contribution in [0.4, 0.5) is 5.69 Å². The molecule has 1 fully saturated rings.